The smallest absolute Gasteiger partial charge is 0.195 e. The lowest BCUT2D eigenvalue weighted by Crippen LogP contribution is -2.12. The van der Waals surface area contributed by atoms with Gasteiger partial charge in [0.1, 0.15) is 12.1 Å². The summed E-state index contributed by atoms with van der Waals surface area (Å²) >= 11 is 1.50. The standard InChI is InChI=1S/C20H16FN3OS/c21-15-9-13(16-2-1-7-22-16)4-5-14(15)17-10-24-18-6-3-12(11-25)8-19(18)26-20(24)23-17/h3-6,8-11,16,22H,1-2,7H2. The average molecular weight is 365 g/mol. The summed E-state index contributed by atoms with van der Waals surface area (Å²) in [7, 11) is 0. The van der Waals surface area contributed by atoms with Gasteiger partial charge in [-0.05, 0) is 55.3 Å². The number of aromatic nitrogens is 2. The van der Waals surface area contributed by atoms with E-state index in [1.807, 2.05) is 34.9 Å². The molecular formula is C20H16FN3OS. The van der Waals surface area contributed by atoms with E-state index >= 15 is 0 Å². The van der Waals surface area contributed by atoms with E-state index in [0.29, 0.717) is 16.8 Å². The Labute approximate surface area is 153 Å². The van der Waals surface area contributed by atoms with Crippen molar-refractivity contribution in [3.05, 3.63) is 59.5 Å². The van der Waals surface area contributed by atoms with Crippen LogP contribution in [0.3, 0.4) is 0 Å². The first-order valence-electron chi connectivity index (χ1n) is 8.63. The first-order chi connectivity index (χ1) is 12.7. The van der Waals surface area contributed by atoms with Crippen LogP contribution in [0.2, 0.25) is 0 Å². The molecule has 130 valence electrons. The second-order valence-electron chi connectivity index (χ2n) is 6.61. The number of thiazole rings is 1. The van der Waals surface area contributed by atoms with Gasteiger partial charge < -0.3 is 5.32 Å². The number of carbonyl (C=O) groups excluding carboxylic acids is 1. The first kappa shape index (κ1) is 15.7. The molecule has 2 aromatic carbocycles. The molecular weight excluding hydrogens is 349 g/mol. The highest BCUT2D eigenvalue weighted by molar-refractivity contribution is 7.23. The molecule has 26 heavy (non-hydrogen) atoms. The maximum atomic E-state index is 14.7. The Hall–Kier alpha value is -2.57. The first-order valence-corrected chi connectivity index (χ1v) is 9.44. The molecule has 6 heteroatoms. The van der Waals surface area contributed by atoms with Gasteiger partial charge in [0.2, 0.25) is 0 Å². The maximum absolute atomic E-state index is 14.7. The van der Waals surface area contributed by atoms with Crippen LogP contribution < -0.4 is 5.32 Å². The number of hydrogen-bond acceptors (Lipinski definition) is 4. The normalized spacial score (nSPS) is 17.3. The van der Waals surface area contributed by atoms with Crippen LogP contribution in [0.15, 0.2) is 42.6 Å². The third-order valence-corrected chi connectivity index (χ3v) is 6.00. The van der Waals surface area contributed by atoms with Crippen LogP contribution in [0.5, 0.6) is 0 Å². The lowest BCUT2D eigenvalue weighted by Gasteiger charge is -2.11. The predicted octanol–water partition coefficient (Wildman–Crippen LogP) is 4.59. The lowest BCUT2D eigenvalue weighted by molar-refractivity contribution is 0.112. The van der Waals surface area contributed by atoms with Crippen molar-refractivity contribution in [1.29, 1.82) is 0 Å². The number of halogens is 1. The fraction of sp³-hybridized carbons (Fsp3) is 0.200. The zero-order valence-corrected chi connectivity index (χ0v) is 14.7. The minimum atomic E-state index is -0.241. The number of carbonyl (C=O) groups is 1. The molecule has 0 saturated carbocycles. The molecule has 0 radical (unpaired) electrons. The van der Waals surface area contributed by atoms with Gasteiger partial charge in [0, 0.05) is 23.4 Å². The largest absolute Gasteiger partial charge is 0.310 e. The fourth-order valence-corrected chi connectivity index (χ4v) is 4.70. The van der Waals surface area contributed by atoms with Crippen LogP contribution in [-0.2, 0) is 0 Å². The van der Waals surface area contributed by atoms with Gasteiger partial charge in [-0.3, -0.25) is 9.20 Å². The number of nitrogens with zero attached hydrogens (tertiary/aromatic N) is 2. The monoisotopic (exact) mass is 365 g/mol. The minimum absolute atomic E-state index is 0.241. The highest BCUT2D eigenvalue weighted by Gasteiger charge is 2.19. The second kappa shape index (κ2) is 6.00. The van der Waals surface area contributed by atoms with Crippen LogP contribution in [-0.4, -0.2) is 22.2 Å². The summed E-state index contributed by atoms with van der Waals surface area (Å²) in [6, 6.07) is 11.2. The fourth-order valence-electron chi connectivity index (χ4n) is 3.65. The molecule has 1 saturated heterocycles. The van der Waals surface area contributed by atoms with E-state index in [1.54, 1.807) is 12.1 Å². The van der Waals surface area contributed by atoms with Crippen LogP contribution in [0.4, 0.5) is 4.39 Å². The van der Waals surface area contributed by atoms with Gasteiger partial charge in [-0.15, -0.1) is 0 Å². The third-order valence-electron chi connectivity index (χ3n) is 4.99. The van der Waals surface area contributed by atoms with Gasteiger partial charge >= 0.3 is 0 Å². The number of aldehydes is 1. The van der Waals surface area contributed by atoms with Crippen LogP contribution in [0, 0.1) is 5.82 Å². The van der Waals surface area contributed by atoms with Crippen molar-refractivity contribution in [2.24, 2.45) is 0 Å². The van der Waals surface area contributed by atoms with Crippen molar-refractivity contribution in [3.8, 4) is 11.3 Å². The summed E-state index contributed by atoms with van der Waals surface area (Å²) in [5.74, 6) is -0.241. The predicted molar refractivity (Wildman–Crippen MR) is 101 cm³/mol. The molecule has 1 aliphatic rings. The Balaban J connectivity index is 1.57. The van der Waals surface area contributed by atoms with Gasteiger partial charge in [0.15, 0.2) is 4.96 Å². The molecule has 1 atom stereocenters. The molecule has 4 nitrogen and oxygen atoms in total. The highest BCUT2D eigenvalue weighted by atomic mass is 32.1. The quantitative estimate of drug-likeness (QED) is 0.540. The van der Waals surface area contributed by atoms with Gasteiger partial charge in [0.25, 0.3) is 0 Å². The average Bonchev–Trinajstić information content (AvgIpc) is 3.37. The SMILES string of the molecule is O=Cc1ccc2c(c1)sc1nc(-c3ccc(C4CCCN4)cc3F)cn12. The Morgan fingerprint density at radius 1 is 1.27 bits per heavy atom. The van der Waals surface area contributed by atoms with Gasteiger partial charge in [0.05, 0.1) is 15.9 Å². The summed E-state index contributed by atoms with van der Waals surface area (Å²) in [6.07, 6.45) is 4.88. The van der Waals surface area contributed by atoms with Crippen LogP contribution >= 0.6 is 11.3 Å². The Morgan fingerprint density at radius 3 is 2.96 bits per heavy atom. The number of benzene rings is 2. The van der Waals surface area contributed by atoms with Gasteiger partial charge in [-0.1, -0.05) is 17.4 Å². The molecule has 1 aliphatic heterocycles. The molecule has 0 aliphatic carbocycles. The number of imidazole rings is 1. The number of fused-ring (bicyclic) bond motifs is 3. The highest BCUT2D eigenvalue weighted by Crippen LogP contribution is 2.32. The molecule has 1 fully saturated rings. The van der Waals surface area contributed by atoms with Crippen molar-refractivity contribution >= 4 is 32.8 Å². The van der Waals surface area contributed by atoms with Gasteiger partial charge in [-0.25, -0.2) is 9.37 Å². The molecule has 3 heterocycles. The molecule has 1 N–H and O–H groups in total. The second-order valence-corrected chi connectivity index (χ2v) is 7.62. The van der Waals surface area contributed by atoms with Crippen molar-refractivity contribution in [1.82, 2.24) is 14.7 Å². The van der Waals surface area contributed by atoms with E-state index in [2.05, 4.69) is 10.3 Å². The Bertz CT molecular complexity index is 1140. The van der Waals surface area contributed by atoms with E-state index in [4.69, 9.17) is 0 Å². The van der Waals surface area contributed by atoms with Crippen molar-refractivity contribution in [2.45, 2.75) is 18.9 Å². The summed E-state index contributed by atoms with van der Waals surface area (Å²) in [5, 5.41) is 3.40. The summed E-state index contributed by atoms with van der Waals surface area (Å²) in [6.45, 7) is 0.990. The summed E-state index contributed by atoms with van der Waals surface area (Å²) in [5.41, 5.74) is 3.75. The lowest BCUT2D eigenvalue weighted by atomic mass is 10.0. The van der Waals surface area contributed by atoms with E-state index in [0.717, 1.165) is 46.4 Å². The summed E-state index contributed by atoms with van der Waals surface area (Å²) < 4.78 is 17.7. The maximum Gasteiger partial charge on any atom is 0.195 e. The van der Waals surface area contributed by atoms with E-state index in [9.17, 15) is 9.18 Å². The number of hydrogen-bond donors (Lipinski definition) is 1. The van der Waals surface area contributed by atoms with Crippen molar-refractivity contribution < 1.29 is 9.18 Å². The molecule has 0 amide bonds. The van der Waals surface area contributed by atoms with E-state index in [1.165, 1.54) is 11.3 Å². The Kier molecular flexibility index (Phi) is 3.62. The molecule has 5 rings (SSSR count). The molecule has 0 spiro atoms. The topological polar surface area (TPSA) is 46.4 Å². The molecule has 0 bridgehead atoms. The molecule has 2 aromatic heterocycles. The van der Waals surface area contributed by atoms with Gasteiger partial charge in [-0.2, -0.15) is 0 Å². The Morgan fingerprint density at radius 2 is 2.19 bits per heavy atom. The molecule has 1 unspecified atom stereocenters. The summed E-state index contributed by atoms with van der Waals surface area (Å²) in [4.78, 5) is 16.3. The van der Waals surface area contributed by atoms with Crippen LogP contribution in [0.25, 0.3) is 26.4 Å². The van der Waals surface area contributed by atoms with Crippen LogP contribution in [0.1, 0.15) is 34.8 Å². The molecule has 4 aromatic rings. The van der Waals surface area contributed by atoms with E-state index < -0.39 is 0 Å². The van der Waals surface area contributed by atoms with Crippen molar-refractivity contribution in [3.63, 3.8) is 0 Å². The zero-order chi connectivity index (χ0) is 17.7. The minimum Gasteiger partial charge on any atom is -0.310 e. The third kappa shape index (κ3) is 2.45. The van der Waals surface area contributed by atoms with Crippen molar-refractivity contribution in [2.75, 3.05) is 6.54 Å². The zero-order valence-electron chi connectivity index (χ0n) is 13.9. The van der Waals surface area contributed by atoms with E-state index in [-0.39, 0.29) is 11.9 Å². The number of nitrogens with one attached hydrogen (secondary N) is 1. The number of rotatable bonds is 3.